The Bertz CT molecular complexity index is 295. The van der Waals surface area contributed by atoms with Crippen LogP contribution in [0.3, 0.4) is 0 Å². The second-order valence-electron chi connectivity index (χ2n) is 3.84. The smallest absolute Gasteiger partial charge is 0.346 e. The number of nitrogens with one attached hydrogen (secondary N) is 2. The van der Waals surface area contributed by atoms with Crippen LogP contribution in [-0.4, -0.2) is 55.6 Å². The van der Waals surface area contributed by atoms with Gasteiger partial charge in [-0.2, -0.15) is 13.2 Å². The van der Waals surface area contributed by atoms with Crippen LogP contribution in [0.2, 0.25) is 0 Å². The van der Waals surface area contributed by atoms with Gasteiger partial charge < -0.3 is 10.2 Å². The number of alkyl halides is 3. The van der Waals surface area contributed by atoms with Gasteiger partial charge in [-0.15, -0.1) is 0 Å². The predicted octanol–water partition coefficient (Wildman–Crippen LogP) is 0.121. The summed E-state index contributed by atoms with van der Waals surface area (Å²) in [6.07, 6.45) is -4.44. The highest BCUT2D eigenvalue weighted by molar-refractivity contribution is 5.83. The fourth-order valence-electron chi connectivity index (χ4n) is 0.985. The van der Waals surface area contributed by atoms with Crippen molar-refractivity contribution in [2.45, 2.75) is 26.1 Å². The standard InChI is InChI=1S/C10H18F3N3O2/c1-4-16(3)8(17)5-14-7(2)9(18)15-6-10(11,12)13/h7,14H,4-6H2,1-3H3,(H,15,18). The largest absolute Gasteiger partial charge is 0.405 e. The van der Waals surface area contributed by atoms with Gasteiger partial charge in [-0.1, -0.05) is 0 Å². The summed E-state index contributed by atoms with van der Waals surface area (Å²) in [6, 6.07) is -0.860. The van der Waals surface area contributed by atoms with E-state index in [1.165, 1.54) is 11.8 Å². The lowest BCUT2D eigenvalue weighted by atomic mass is 10.3. The molecule has 0 aromatic rings. The first kappa shape index (κ1) is 16.7. The number of carbonyl (C=O) groups is 2. The Hall–Kier alpha value is -1.31. The van der Waals surface area contributed by atoms with Crippen LogP contribution in [0.4, 0.5) is 13.2 Å². The van der Waals surface area contributed by atoms with E-state index in [9.17, 15) is 22.8 Å². The van der Waals surface area contributed by atoms with Crippen LogP contribution in [0.1, 0.15) is 13.8 Å². The normalized spacial score (nSPS) is 13.0. The molecule has 18 heavy (non-hydrogen) atoms. The minimum Gasteiger partial charge on any atom is -0.346 e. The molecule has 0 spiro atoms. The number of likely N-dealkylation sites (N-methyl/N-ethyl adjacent to an activating group) is 1. The van der Waals surface area contributed by atoms with Crippen molar-refractivity contribution in [3.05, 3.63) is 0 Å². The molecule has 0 radical (unpaired) electrons. The summed E-state index contributed by atoms with van der Waals surface area (Å²) in [4.78, 5) is 24.1. The number of halogens is 3. The molecule has 106 valence electrons. The lowest BCUT2D eigenvalue weighted by molar-refractivity contribution is -0.139. The molecule has 8 heteroatoms. The van der Waals surface area contributed by atoms with Gasteiger partial charge in [-0.05, 0) is 13.8 Å². The van der Waals surface area contributed by atoms with Gasteiger partial charge in [0, 0.05) is 13.6 Å². The first-order chi connectivity index (χ1) is 8.17. The molecule has 0 bridgehead atoms. The maximum atomic E-state index is 11.8. The molecular weight excluding hydrogens is 251 g/mol. The third kappa shape index (κ3) is 7.10. The Morgan fingerprint density at radius 2 is 1.89 bits per heavy atom. The molecular formula is C10H18F3N3O2. The maximum absolute atomic E-state index is 11.8. The Morgan fingerprint density at radius 1 is 1.33 bits per heavy atom. The molecule has 0 aromatic heterocycles. The highest BCUT2D eigenvalue weighted by atomic mass is 19.4. The summed E-state index contributed by atoms with van der Waals surface area (Å²) < 4.78 is 35.5. The van der Waals surface area contributed by atoms with Crippen molar-refractivity contribution in [3.8, 4) is 0 Å². The minimum atomic E-state index is -4.44. The van der Waals surface area contributed by atoms with Crippen LogP contribution in [-0.2, 0) is 9.59 Å². The van der Waals surface area contributed by atoms with E-state index in [4.69, 9.17) is 0 Å². The number of rotatable bonds is 6. The van der Waals surface area contributed by atoms with Gasteiger partial charge in [-0.25, -0.2) is 0 Å². The van der Waals surface area contributed by atoms with E-state index in [0.717, 1.165) is 0 Å². The first-order valence-corrected chi connectivity index (χ1v) is 5.49. The molecule has 0 heterocycles. The highest BCUT2D eigenvalue weighted by Gasteiger charge is 2.28. The zero-order valence-electron chi connectivity index (χ0n) is 10.6. The van der Waals surface area contributed by atoms with Crippen LogP contribution in [0.25, 0.3) is 0 Å². The second-order valence-corrected chi connectivity index (χ2v) is 3.84. The van der Waals surface area contributed by atoms with Gasteiger partial charge in [0.25, 0.3) is 0 Å². The average molecular weight is 269 g/mol. The van der Waals surface area contributed by atoms with Gasteiger partial charge in [-0.3, -0.25) is 14.9 Å². The Labute approximate surface area is 104 Å². The topological polar surface area (TPSA) is 61.4 Å². The first-order valence-electron chi connectivity index (χ1n) is 5.49. The van der Waals surface area contributed by atoms with E-state index < -0.39 is 24.7 Å². The Balaban J connectivity index is 3.99. The van der Waals surface area contributed by atoms with Crippen LogP contribution in [0, 0.1) is 0 Å². The third-order valence-electron chi connectivity index (χ3n) is 2.32. The molecule has 0 rings (SSSR count). The lowest BCUT2D eigenvalue weighted by Gasteiger charge is -2.18. The second kappa shape index (κ2) is 7.20. The predicted molar refractivity (Wildman–Crippen MR) is 59.8 cm³/mol. The third-order valence-corrected chi connectivity index (χ3v) is 2.32. The number of hydrogen-bond acceptors (Lipinski definition) is 3. The monoisotopic (exact) mass is 269 g/mol. The van der Waals surface area contributed by atoms with Crippen molar-refractivity contribution >= 4 is 11.8 Å². The van der Waals surface area contributed by atoms with Crippen LogP contribution >= 0.6 is 0 Å². The fourth-order valence-corrected chi connectivity index (χ4v) is 0.985. The molecule has 2 N–H and O–H groups in total. The maximum Gasteiger partial charge on any atom is 0.405 e. The van der Waals surface area contributed by atoms with E-state index in [1.54, 1.807) is 19.3 Å². The summed E-state index contributed by atoms with van der Waals surface area (Å²) in [5.41, 5.74) is 0. The van der Waals surface area contributed by atoms with Crippen molar-refractivity contribution in [2.24, 2.45) is 0 Å². The summed E-state index contributed by atoms with van der Waals surface area (Å²) in [5, 5.41) is 4.30. The van der Waals surface area contributed by atoms with E-state index in [0.29, 0.717) is 6.54 Å². The molecule has 1 unspecified atom stereocenters. The summed E-state index contributed by atoms with van der Waals surface area (Å²) >= 11 is 0. The molecule has 0 saturated heterocycles. The fraction of sp³-hybridized carbons (Fsp3) is 0.800. The van der Waals surface area contributed by atoms with Crippen LogP contribution < -0.4 is 10.6 Å². The van der Waals surface area contributed by atoms with E-state index in [-0.39, 0.29) is 12.5 Å². The zero-order valence-corrected chi connectivity index (χ0v) is 10.6. The van der Waals surface area contributed by atoms with Crippen molar-refractivity contribution in [1.29, 1.82) is 0 Å². The molecule has 0 aliphatic carbocycles. The van der Waals surface area contributed by atoms with Gasteiger partial charge in [0.05, 0.1) is 12.6 Å². The summed E-state index contributed by atoms with van der Waals surface area (Å²) in [6.45, 7) is 2.24. The Kier molecular flexibility index (Phi) is 6.67. The molecule has 1 atom stereocenters. The number of nitrogens with zero attached hydrogens (tertiary/aromatic N) is 1. The zero-order chi connectivity index (χ0) is 14.3. The van der Waals surface area contributed by atoms with Crippen molar-refractivity contribution in [1.82, 2.24) is 15.5 Å². The molecule has 0 aliphatic rings. The van der Waals surface area contributed by atoms with Crippen LogP contribution in [0.15, 0.2) is 0 Å². The van der Waals surface area contributed by atoms with Crippen molar-refractivity contribution in [3.63, 3.8) is 0 Å². The SMILES string of the molecule is CCN(C)C(=O)CNC(C)C(=O)NCC(F)(F)F. The van der Waals surface area contributed by atoms with E-state index in [1.807, 2.05) is 0 Å². The minimum absolute atomic E-state index is 0.0923. The van der Waals surface area contributed by atoms with Crippen molar-refractivity contribution in [2.75, 3.05) is 26.7 Å². The highest BCUT2D eigenvalue weighted by Crippen LogP contribution is 2.12. The summed E-state index contributed by atoms with van der Waals surface area (Å²) in [5.74, 6) is -1.02. The molecule has 5 nitrogen and oxygen atoms in total. The number of hydrogen-bond donors (Lipinski definition) is 2. The number of amides is 2. The number of carbonyl (C=O) groups excluding carboxylic acids is 2. The Morgan fingerprint density at radius 3 is 2.33 bits per heavy atom. The molecule has 0 saturated carbocycles. The quantitative estimate of drug-likeness (QED) is 0.720. The van der Waals surface area contributed by atoms with Gasteiger partial charge in [0.1, 0.15) is 6.54 Å². The lowest BCUT2D eigenvalue weighted by Crippen LogP contribution is -2.48. The molecule has 0 aromatic carbocycles. The molecule has 0 fully saturated rings. The molecule has 0 aliphatic heterocycles. The van der Waals surface area contributed by atoms with E-state index >= 15 is 0 Å². The molecule has 2 amide bonds. The van der Waals surface area contributed by atoms with Gasteiger partial charge in [0.2, 0.25) is 11.8 Å². The average Bonchev–Trinajstić information content (AvgIpc) is 2.30. The van der Waals surface area contributed by atoms with Crippen LogP contribution in [0.5, 0.6) is 0 Å². The summed E-state index contributed by atoms with van der Waals surface area (Å²) in [7, 11) is 1.60. The van der Waals surface area contributed by atoms with Gasteiger partial charge >= 0.3 is 6.18 Å². The van der Waals surface area contributed by atoms with Gasteiger partial charge in [0.15, 0.2) is 0 Å². The van der Waals surface area contributed by atoms with E-state index in [2.05, 4.69) is 5.32 Å². The van der Waals surface area contributed by atoms with Crippen molar-refractivity contribution < 1.29 is 22.8 Å².